The van der Waals surface area contributed by atoms with E-state index in [4.69, 9.17) is 4.74 Å². The summed E-state index contributed by atoms with van der Waals surface area (Å²) in [6.45, 7) is 2.32. The summed E-state index contributed by atoms with van der Waals surface area (Å²) >= 11 is 0. The first-order valence-corrected chi connectivity index (χ1v) is 8.56. The van der Waals surface area contributed by atoms with Crippen LogP contribution in [0.4, 0.5) is 0 Å². The van der Waals surface area contributed by atoms with Gasteiger partial charge in [0.25, 0.3) is 0 Å². The van der Waals surface area contributed by atoms with E-state index < -0.39 is 17.9 Å². The lowest BCUT2D eigenvalue weighted by Gasteiger charge is -2.27. The summed E-state index contributed by atoms with van der Waals surface area (Å²) in [7, 11) is 3.42. The van der Waals surface area contributed by atoms with Gasteiger partial charge in [0.05, 0.1) is 25.3 Å². The molecular formula is C19H23N3O4. The molecule has 1 N–H and O–H groups in total. The molecule has 0 spiro atoms. The first-order chi connectivity index (χ1) is 12.4. The summed E-state index contributed by atoms with van der Waals surface area (Å²) < 4.78 is 7.07. The maximum atomic E-state index is 12.6. The topological polar surface area (TPSA) is 84.7 Å². The Bertz CT molecular complexity index is 830. The number of carboxylic acid groups (broad SMARTS) is 1. The Morgan fingerprint density at radius 2 is 2.12 bits per heavy atom. The molecule has 138 valence electrons. The van der Waals surface area contributed by atoms with E-state index in [9.17, 15) is 14.7 Å². The zero-order valence-electron chi connectivity index (χ0n) is 15.2. The average molecular weight is 357 g/mol. The molecule has 2 aromatic rings. The van der Waals surface area contributed by atoms with E-state index in [-0.39, 0.29) is 12.3 Å². The number of aliphatic carboxylic acids is 1. The summed E-state index contributed by atoms with van der Waals surface area (Å²) in [5.41, 5.74) is 2.66. The van der Waals surface area contributed by atoms with Gasteiger partial charge in [0, 0.05) is 31.3 Å². The number of nitrogens with zero attached hydrogens (tertiary/aromatic N) is 3. The fraction of sp³-hybridized carbons (Fsp3) is 0.421. The van der Waals surface area contributed by atoms with Gasteiger partial charge in [-0.3, -0.25) is 14.3 Å². The first kappa shape index (κ1) is 18.0. The largest absolute Gasteiger partial charge is 0.496 e. The van der Waals surface area contributed by atoms with Crippen molar-refractivity contribution in [3.63, 3.8) is 0 Å². The number of carboxylic acids is 1. The minimum Gasteiger partial charge on any atom is -0.496 e. The molecule has 1 aliphatic heterocycles. The molecule has 7 heteroatoms. The molecule has 0 bridgehead atoms. The van der Waals surface area contributed by atoms with Crippen molar-refractivity contribution in [2.45, 2.75) is 25.8 Å². The standard InChI is InChI=1S/C19H23N3O4/c1-12-15(11-20-21(12)2)18-14(19(24)25)10-17(23)22(18)9-8-13-6-4-5-7-16(13)26-3/h4-7,11,14,18H,8-10H2,1-3H3,(H,24,25)/t14-,18-/m0/s1. The Labute approximate surface area is 152 Å². The normalized spacial score (nSPS) is 19.8. The van der Waals surface area contributed by atoms with Crippen LogP contribution in [0.25, 0.3) is 0 Å². The Hall–Kier alpha value is -2.83. The van der Waals surface area contributed by atoms with Crippen LogP contribution in [0.1, 0.15) is 29.3 Å². The second-order valence-corrected chi connectivity index (χ2v) is 6.55. The molecular weight excluding hydrogens is 334 g/mol. The minimum absolute atomic E-state index is 0.0141. The number of methoxy groups -OCH3 is 1. The first-order valence-electron chi connectivity index (χ1n) is 8.56. The van der Waals surface area contributed by atoms with Gasteiger partial charge in [0.15, 0.2) is 0 Å². The van der Waals surface area contributed by atoms with Gasteiger partial charge < -0.3 is 14.7 Å². The monoisotopic (exact) mass is 357 g/mol. The average Bonchev–Trinajstić information content (AvgIpc) is 3.13. The number of hydrogen-bond donors (Lipinski definition) is 1. The van der Waals surface area contributed by atoms with Gasteiger partial charge in [-0.2, -0.15) is 5.10 Å². The molecule has 26 heavy (non-hydrogen) atoms. The third-order valence-corrected chi connectivity index (χ3v) is 5.16. The van der Waals surface area contributed by atoms with Crippen LogP contribution < -0.4 is 4.74 Å². The number of rotatable bonds is 6. The van der Waals surface area contributed by atoms with Crippen LogP contribution in [0, 0.1) is 12.8 Å². The van der Waals surface area contributed by atoms with Crippen LogP contribution in [0.5, 0.6) is 5.75 Å². The van der Waals surface area contributed by atoms with Gasteiger partial charge in [-0.1, -0.05) is 18.2 Å². The number of carbonyl (C=O) groups is 2. The third-order valence-electron chi connectivity index (χ3n) is 5.16. The minimum atomic E-state index is -0.952. The number of para-hydroxylation sites is 1. The molecule has 2 atom stereocenters. The van der Waals surface area contributed by atoms with Crippen molar-refractivity contribution >= 4 is 11.9 Å². The van der Waals surface area contributed by atoms with Crippen LogP contribution >= 0.6 is 0 Å². The number of hydrogen-bond acceptors (Lipinski definition) is 4. The van der Waals surface area contributed by atoms with E-state index >= 15 is 0 Å². The Morgan fingerprint density at radius 3 is 2.73 bits per heavy atom. The predicted octanol–water partition coefficient (Wildman–Crippen LogP) is 1.95. The highest BCUT2D eigenvalue weighted by Gasteiger charge is 2.45. The Kier molecular flexibility index (Phi) is 4.97. The summed E-state index contributed by atoms with van der Waals surface area (Å²) in [6, 6.07) is 7.16. The number of aryl methyl sites for hydroxylation is 1. The number of benzene rings is 1. The molecule has 1 saturated heterocycles. The molecule has 1 aromatic heterocycles. The maximum Gasteiger partial charge on any atom is 0.309 e. The molecule has 1 fully saturated rings. The van der Waals surface area contributed by atoms with Crippen molar-refractivity contribution < 1.29 is 19.4 Å². The van der Waals surface area contributed by atoms with E-state index in [1.165, 1.54) is 0 Å². The van der Waals surface area contributed by atoms with Gasteiger partial charge in [0.1, 0.15) is 5.75 Å². The van der Waals surface area contributed by atoms with Crippen LogP contribution in [0.15, 0.2) is 30.5 Å². The summed E-state index contributed by atoms with van der Waals surface area (Å²) in [6.07, 6.45) is 2.28. The van der Waals surface area contributed by atoms with Gasteiger partial charge in [-0.05, 0) is 25.0 Å². The van der Waals surface area contributed by atoms with Gasteiger partial charge in [-0.25, -0.2) is 0 Å². The lowest BCUT2D eigenvalue weighted by atomic mass is 9.94. The molecule has 2 heterocycles. The molecule has 0 radical (unpaired) electrons. The molecule has 7 nitrogen and oxygen atoms in total. The van der Waals surface area contributed by atoms with E-state index in [1.54, 1.807) is 22.9 Å². The zero-order valence-corrected chi connectivity index (χ0v) is 15.2. The molecule has 0 saturated carbocycles. The van der Waals surface area contributed by atoms with Gasteiger partial charge >= 0.3 is 5.97 Å². The maximum absolute atomic E-state index is 12.6. The van der Waals surface area contributed by atoms with E-state index in [2.05, 4.69) is 5.10 Å². The highest BCUT2D eigenvalue weighted by molar-refractivity contribution is 5.87. The zero-order chi connectivity index (χ0) is 18.8. The highest BCUT2D eigenvalue weighted by Crippen LogP contribution is 2.39. The van der Waals surface area contributed by atoms with Crippen LogP contribution in [0.2, 0.25) is 0 Å². The number of likely N-dealkylation sites (tertiary alicyclic amines) is 1. The van der Waals surface area contributed by atoms with Crippen molar-refractivity contribution in [2.24, 2.45) is 13.0 Å². The second-order valence-electron chi connectivity index (χ2n) is 6.55. The van der Waals surface area contributed by atoms with Crippen molar-refractivity contribution in [2.75, 3.05) is 13.7 Å². The van der Waals surface area contributed by atoms with Crippen molar-refractivity contribution in [1.82, 2.24) is 14.7 Å². The SMILES string of the molecule is COc1ccccc1CCN1C(=O)C[C@H](C(=O)O)[C@H]1c1cnn(C)c1C. The van der Waals surface area contributed by atoms with Crippen molar-refractivity contribution in [3.8, 4) is 5.75 Å². The summed E-state index contributed by atoms with van der Waals surface area (Å²) in [4.78, 5) is 26.0. The van der Waals surface area contributed by atoms with E-state index in [1.807, 2.05) is 38.2 Å². The Morgan fingerprint density at radius 1 is 1.38 bits per heavy atom. The number of carbonyl (C=O) groups excluding carboxylic acids is 1. The fourth-order valence-electron chi connectivity index (χ4n) is 3.62. The van der Waals surface area contributed by atoms with Crippen LogP contribution in [-0.4, -0.2) is 45.3 Å². The molecule has 0 unspecified atom stereocenters. The number of aromatic nitrogens is 2. The molecule has 3 rings (SSSR count). The predicted molar refractivity (Wildman–Crippen MR) is 94.8 cm³/mol. The number of amides is 1. The third kappa shape index (κ3) is 3.16. The fourth-order valence-corrected chi connectivity index (χ4v) is 3.62. The van der Waals surface area contributed by atoms with Crippen molar-refractivity contribution in [1.29, 1.82) is 0 Å². The quantitative estimate of drug-likeness (QED) is 0.854. The lowest BCUT2D eigenvalue weighted by Crippen LogP contribution is -2.32. The molecule has 1 aliphatic rings. The number of ether oxygens (including phenoxy) is 1. The van der Waals surface area contributed by atoms with Gasteiger partial charge in [-0.15, -0.1) is 0 Å². The van der Waals surface area contributed by atoms with Gasteiger partial charge in [0.2, 0.25) is 5.91 Å². The van der Waals surface area contributed by atoms with Crippen LogP contribution in [0.3, 0.4) is 0 Å². The highest BCUT2D eigenvalue weighted by atomic mass is 16.5. The summed E-state index contributed by atoms with van der Waals surface area (Å²) in [5, 5.41) is 13.8. The summed E-state index contributed by atoms with van der Waals surface area (Å²) in [5.74, 6) is -1.09. The van der Waals surface area contributed by atoms with Crippen molar-refractivity contribution in [3.05, 3.63) is 47.3 Å². The van der Waals surface area contributed by atoms with Crippen LogP contribution in [-0.2, 0) is 23.1 Å². The smallest absolute Gasteiger partial charge is 0.309 e. The van der Waals surface area contributed by atoms with E-state index in [0.717, 1.165) is 22.6 Å². The molecule has 0 aliphatic carbocycles. The lowest BCUT2D eigenvalue weighted by molar-refractivity contribution is -0.142. The van der Waals surface area contributed by atoms with E-state index in [0.29, 0.717) is 13.0 Å². The second kappa shape index (κ2) is 7.19. The molecule has 1 amide bonds. The molecule has 1 aromatic carbocycles. The Balaban J connectivity index is 1.89.